The maximum absolute atomic E-state index is 14.2. The number of benzene rings is 4. The molecule has 0 heterocycles. The minimum atomic E-state index is -1.37. The lowest BCUT2D eigenvalue weighted by Gasteiger charge is -2.29. The predicted octanol–water partition coefficient (Wildman–Crippen LogP) is 5.91. The monoisotopic (exact) mass is 563 g/mol. The molecule has 212 valence electrons. The zero-order chi connectivity index (χ0) is 28.6. The lowest BCUT2D eigenvalue weighted by Crippen LogP contribution is -2.31. The minimum absolute atomic E-state index is 0.176. The maximum Gasteiger partial charge on any atom is 0.161 e. The molecule has 0 aliphatic carbocycles. The van der Waals surface area contributed by atoms with E-state index in [0.29, 0.717) is 39.4 Å². The SMILES string of the molecule is COc1ccc(CCN(C)[C@H](C[S@@](=O)c2c(OC)ccc3ccccc23)c2ccc(OC)c(OC)c2)cc1OC. The Labute approximate surface area is 239 Å². The molecule has 0 saturated heterocycles. The average molecular weight is 564 g/mol. The van der Waals surface area contributed by atoms with Crippen LogP contribution in [0.2, 0.25) is 0 Å². The first kappa shape index (κ1) is 29.2. The number of methoxy groups -OCH3 is 5. The first-order valence-electron chi connectivity index (χ1n) is 13.0. The van der Waals surface area contributed by atoms with Crippen LogP contribution in [0.4, 0.5) is 0 Å². The van der Waals surface area contributed by atoms with Crippen LogP contribution in [0.5, 0.6) is 28.7 Å². The summed E-state index contributed by atoms with van der Waals surface area (Å²) in [5, 5.41) is 1.95. The molecule has 0 aliphatic heterocycles. The summed E-state index contributed by atoms with van der Waals surface area (Å²) in [5.41, 5.74) is 2.10. The van der Waals surface area contributed by atoms with Crippen LogP contribution < -0.4 is 23.7 Å². The maximum atomic E-state index is 14.2. The lowest BCUT2D eigenvalue weighted by molar-refractivity contribution is 0.266. The van der Waals surface area contributed by atoms with Gasteiger partial charge in [-0.3, -0.25) is 9.11 Å². The Morgan fingerprint density at radius 1 is 0.700 bits per heavy atom. The van der Waals surface area contributed by atoms with E-state index in [1.807, 2.05) is 72.8 Å². The van der Waals surface area contributed by atoms with Gasteiger partial charge in [0.15, 0.2) is 23.0 Å². The van der Waals surface area contributed by atoms with Crippen molar-refractivity contribution >= 4 is 21.6 Å². The van der Waals surface area contributed by atoms with E-state index in [9.17, 15) is 4.21 Å². The molecule has 0 spiro atoms. The highest BCUT2D eigenvalue weighted by Crippen LogP contribution is 2.36. The van der Waals surface area contributed by atoms with Crippen LogP contribution in [0.3, 0.4) is 0 Å². The molecule has 0 fully saturated rings. The van der Waals surface area contributed by atoms with Crippen molar-refractivity contribution in [3.63, 3.8) is 0 Å². The first-order chi connectivity index (χ1) is 19.4. The highest BCUT2D eigenvalue weighted by Gasteiger charge is 2.25. The Morgan fingerprint density at radius 2 is 1.30 bits per heavy atom. The van der Waals surface area contributed by atoms with Gasteiger partial charge in [-0.25, -0.2) is 0 Å². The third kappa shape index (κ3) is 6.35. The summed E-state index contributed by atoms with van der Waals surface area (Å²) in [6.07, 6.45) is 0.769. The van der Waals surface area contributed by atoms with Crippen molar-refractivity contribution in [2.75, 3.05) is 54.9 Å². The summed E-state index contributed by atoms with van der Waals surface area (Å²) >= 11 is 0. The second kappa shape index (κ2) is 13.5. The summed E-state index contributed by atoms with van der Waals surface area (Å²) in [4.78, 5) is 2.94. The number of hydrogen-bond donors (Lipinski definition) is 0. The van der Waals surface area contributed by atoms with Crippen molar-refractivity contribution in [1.82, 2.24) is 4.90 Å². The Bertz CT molecular complexity index is 1470. The van der Waals surface area contributed by atoms with Crippen molar-refractivity contribution in [3.05, 3.63) is 83.9 Å². The second-order valence-corrected chi connectivity index (χ2v) is 10.8. The molecule has 4 aromatic rings. The fourth-order valence-corrected chi connectivity index (χ4v) is 6.59. The van der Waals surface area contributed by atoms with Crippen molar-refractivity contribution in [2.24, 2.45) is 0 Å². The molecule has 4 aromatic carbocycles. The van der Waals surface area contributed by atoms with Crippen LogP contribution >= 0.6 is 0 Å². The van der Waals surface area contributed by atoms with Crippen LogP contribution in [0.1, 0.15) is 17.2 Å². The van der Waals surface area contributed by atoms with Gasteiger partial charge in [0.2, 0.25) is 0 Å². The second-order valence-electron chi connectivity index (χ2n) is 9.38. The third-order valence-electron chi connectivity index (χ3n) is 7.13. The van der Waals surface area contributed by atoms with Gasteiger partial charge in [0.05, 0.1) is 51.2 Å². The van der Waals surface area contributed by atoms with E-state index in [-0.39, 0.29) is 6.04 Å². The summed E-state index contributed by atoms with van der Waals surface area (Å²) in [6.45, 7) is 0.721. The number of ether oxygens (including phenoxy) is 5. The van der Waals surface area contributed by atoms with E-state index in [1.54, 1.807) is 35.5 Å². The Morgan fingerprint density at radius 3 is 1.98 bits per heavy atom. The molecule has 0 aromatic heterocycles. The minimum Gasteiger partial charge on any atom is -0.495 e. The van der Waals surface area contributed by atoms with Crippen LogP contribution in [0.25, 0.3) is 10.8 Å². The zero-order valence-corrected chi connectivity index (χ0v) is 24.7. The topological polar surface area (TPSA) is 66.5 Å². The van der Waals surface area contributed by atoms with E-state index in [4.69, 9.17) is 23.7 Å². The molecule has 0 unspecified atom stereocenters. The van der Waals surface area contributed by atoms with Crippen LogP contribution in [0, 0.1) is 0 Å². The Balaban J connectivity index is 1.68. The van der Waals surface area contributed by atoms with E-state index in [1.165, 1.54) is 0 Å². The molecule has 0 N–H and O–H groups in total. The number of rotatable bonds is 13. The van der Waals surface area contributed by atoms with Gasteiger partial charge in [0.1, 0.15) is 5.75 Å². The highest BCUT2D eigenvalue weighted by atomic mass is 32.2. The quantitative estimate of drug-likeness (QED) is 0.200. The van der Waals surface area contributed by atoms with E-state index in [2.05, 4.69) is 11.9 Å². The molecule has 40 heavy (non-hydrogen) atoms. The Hall–Kier alpha value is -3.75. The van der Waals surface area contributed by atoms with Crippen LogP contribution in [0.15, 0.2) is 77.7 Å². The standard InChI is InChI=1S/C32H37NO6S/c1-33(18-17-22-11-14-27(35-2)30(19-22)38-5)26(24-13-15-28(36-3)31(20-24)39-6)21-40(34)32-25-10-8-7-9-23(25)12-16-29(32)37-4/h7-16,19-20,26H,17-18,21H2,1-6H3/t26-,40-/m1/s1. The van der Waals surface area contributed by atoms with Gasteiger partial charge < -0.3 is 23.7 Å². The van der Waals surface area contributed by atoms with Gasteiger partial charge in [-0.1, -0.05) is 42.5 Å². The fourth-order valence-electron chi connectivity index (χ4n) is 4.88. The molecule has 0 bridgehead atoms. The van der Waals surface area contributed by atoms with E-state index in [0.717, 1.165) is 34.9 Å². The summed E-state index contributed by atoms with van der Waals surface area (Å²) in [6, 6.07) is 23.5. The van der Waals surface area contributed by atoms with E-state index < -0.39 is 10.8 Å². The highest BCUT2D eigenvalue weighted by molar-refractivity contribution is 7.85. The zero-order valence-electron chi connectivity index (χ0n) is 23.9. The molecule has 8 heteroatoms. The molecular weight excluding hydrogens is 526 g/mol. The van der Waals surface area contributed by atoms with Gasteiger partial charge in [-0.15, -0.1) is 0 Å². The molecule has 7 nitrogen and oxygen atoms in total. The Kier molecular flexibility index (Phi) is 9.90. The molecule has 0 saturated carbocycles. The predicted molar refractivity (Wildman–Crippen MR) is 160 cm³/mol. The number of likely N-dealkylation sites (N-methyl/N-ethyl adjacent to an activating group) is 1. The van der Waals surface area contributed by atoms with Crippen molar-refractivity contribution in [3.8, 4) is 28.7 Å². The number of fused-ring (bicyclic) bond motifs is 1. The van der Waals surface area contributed by atoms with Crippen molar-refractivity contribution < 1.29 is 27.9 Å². The molecular formula is C32H37NO6S. The van der Waals surface area contributed by atoms with Gasteiger partial charge in [-0.2, -0.15) is 0 Å². The fraction of sp³-hybridized carbons (Fsp3) is 0.312. The van der Waals surface area contributed by atoms with Gasteiger partial charge in [0, 0.05) is 23.7 Å². The smallest absolute Gasteiger partial charge is 0.161 e. The van der Waals surface area contributed by atoms with Gasteiger partial charge >= 0.3 is 0 Å². The average Bonchev–Trinajstić information content (AvgIpc) is 3.01. The van der Waals surface area contributed by atoms with Crippen LogP contribution in [-0.4, -0.2) is 64.0 Å². The lowest BCUT2D eigenvalue weighted by atomic mass is 10.0. The molecule has 0 amide bonds. The summed E-state index contributed by atoms with van der Waals surface area (Å²) < 4.78 is 41.8. The normalized spacial score (nSPS) is 12.7. The molecule has 4 rings (SSSR count). The van der Waals surface area contributed by atoms with Crippen molar-refractivity contribution in [1.29, 1.82) is 0 Å². The number of nitrogens with zero attached hydrogens (tertiary/aromatic N) is 1. The van der Waals surface area contributed by atoms with Gasteiger partial charge in [-0.05, 0) is 60.3 Å². The number of hydrogen-bond acceptors (Lipinski definition) is 7. The molecule has 2 atom stereocenters. The van der Waals surface area contributed by atoms with Crippen molar-refractivity contribution in [2.45, 2.75) is 17.4 Å². The summed E-state index contributed by atoms with van der Waals surface area (Å²) in [7, 11) is 8.81. The van der Waals surface area contributed by atoms with E-state index >= 15 is 0 Å². The summed E-state index contributed by atoms with van der Waals surface area (Å²) in [5.74, 6) is 3.66. The van der Waals surface area contributed by atoms with Crippen LogP contribution in [-0.2, 0) is 17.2 Å². The van der Waals surface area contributed by atoms with Gasteiger partial charge in [0.25, 0.3) is 0 Å². The third-order valence-corrected chi connectivity index (χ3v) is 8.62. The molecule has 0 radical (unpaired) electrons. The molecule has 0 aliphatic rings. The largest absolute Gasteiger partial charge is 0.495 e. The first-order valence-corrected chi connectivity index (χ1v) is 14.3.